The molecule has 0 aliphatic rings. The lowest BCUT2D eigenvalue weighted by Crippen LogP contribution is -1.99. The summed E-state index contributed by atoms with van der Waals surface area (Å²) in [4.78, 5) is 0. The maximum atomic E-state index is 10.2. The fourth-order valence-corrected chi connectivity index (χ4v) is 1.89. The van der Waals surface area contributed by atoms with Gasteiger partial charge in [-0.25, -0.2) is 0 Å². The number of methoxy groups -OCH3 is 1. The molecule has 2 rings (SSSR count). The molecule has 0 saturated heterocycles. The number of ether oxygens (including phenoxy) is 1. The van der Waals surface area contributed by atoms with Crippen molar-refractivity contribution in [2.75, 3.05) is 7.11 Å². The molecule has 0 aromatic heterocycles. The van der Waals surface area contributed by atoms with E-state index in [-0.39, 0.29) is 0 Å². The minimum Gasteiger partial charge on any atom is -0.497 e. The molecule has 0 heterocycles. The molecule has 88 valence electrons. The predicted molar refractivity (Wildman–Crippen MR) is 71.2 cm³/mol. The number of hydrogen-bond donors (Lipinski definition) is 1. The van der Waals surface area contributed by atoms with Gasteiger partial charge in [0.15, 0.2) is 0 Å². The number of aliphatic hydroxyl groups excluding tert-OH is 1. The molecule has 0 amide bonds. The summed E-state index contributed by atoms with van der Waals surface area (Å²) in [6, 6.07) is 15.1. The zero-order valence-corrected chi connectivity index (χ0v) is 11.0. The van der Waals surface area contributed by atoms with Crippen LogP contribution >= 0.6 is 15.9 Å². The van der Waals surface area contributed by atoms with Gasteiger partial charge >= 0.3 is 0 Å². The van der Waals surface area contributed by atoms with Crippen LogP contribution in [0.5, 0.6) is 5.75 Å². The van der Waals surface area contributed by atoms with Crippen LogP contribution in [0.25, 0.3) is 0 Å². The van der Waals surface area contributed by atoms with Gasteiger partial charge in [0.05, 0.1) is 7.11 Å². The summed E-state index contributed by atoms with van der Waals surface area (Å²) >= 11 is 3.37. The Kier molecular flexibility index (Phi) is 3.82. The molecule has 0 fully saturated rings. The Bertz CT molecular complexity index is 477. The second kappa shape index (κ2) is 5.34. The van der Waals surface area contributed by atoms with Crippen molar-refractivity contribution in [1.29, 1.82) is 0 Å². The van der Waals surface area contributed by atoms with Crippen LogP contribution in [0.1, 0.15) is 17.2 Å². The van der Waals surface area contributed by atoms with Crippen LogP contribution in [0, 0.1) is 0 Å². The highest BCUT2D eigenvalue weighted by atomic mass is 79.9. The Morgan fingerprint density at radius 1 is 0.941 bits per heavy atom. The van der Waals surface area contributed by atoms with Crippen molar-refractivity contribution < 1.29 is 9.84 Å². The van der Waals surface area contributed by atoms with Crippen molar-refractivity contribution in [2.45, 2.75) is 6.10 Å². The number of rotatable bonds is 3. The molecule has 0 radical (unpaired) electrons. The average molecular weight is 293 g/mol. The van der Waals surface area contributed by atoms with Gasteiger partial charge in [-0.2, -0.15) is 0 Å². The first-order valence-corrected chi connectivity index (χ1v) is 6.07. The van der Waals surface area contributed by atoms with E-state index in [9.17, 15) is 5.11 Å². The fourth-order valence-electron chi connectivity index (χ4n) is 1.62. The minimum absolute atomic E-state index is 0.603. The van der Waals surface area contributed by atoms with E-state index in [0.29, 0.717) is 0 Å². The first-order valence-electron chi connectivity index (χ1n) is 5.28. The van der Waals surface area contributed by atoms with Crippen molar-refractivity contribution in [3.63, 3.8) is 0 Å². The Balaban J connectivity index is 2.23. The molecule has 0 spiro atoms. The van der Waals surface area contributed by atoms with Crippen LogP contribution in [-0.4, -0.2) is 12.2 Å². The first-order chi connectivity index (χ1) is 8.20. The summed E-state index contributed by atoms with van der Waals surface area (Å²) in [5, 5.41) is 10.2. The molecule has 0 saturated carbocycles. The van der Waals surface area contributed by atoms with Crippen molar-refractivity contribution in [2.24, 2.45) is 0 Å². The third-order valence-corrected chi connectivity index (χ3v) is 3.15. The highest BCUT2D eigenvalue weighted by Gasteiger charge is 2.09. The minimum atomic E-state index is -0.603. The maximum Gasteiger partial charge on any atom is 0.118 e. The smallest absolute Gasteiger partial charge is 0.118 e. The normalized spacial score (nSPS) is 12.2. The van der Waals surface area contributed by atoms with Gasteiger partial charge < -0.3 is 9.84 Å². The summed E-state index contributed by atoms with van der Waals surface area (Å²) in [6.45, 7) is 0. The van der Waals surface area contributed by atoms with E-state index >= 15 is 0 Å². The van der Waals surface area contributed by atoms with Crippen molar-refractivity contribution in [3.05, 3.63) is 64.1 Å². The molecule has 2 aromatic carbocycles. The molecular weight excluding hydrogens is 280 g/mol. The van der Waals surface area contributed by atoms with Crippen LogP contribution in [0.3, 0.4) is 0 Å². The number of aliphatic hydroxyl groups is 1. The van der Waals surface area contributed by atoms with Gasteiger partial charge in [-0.05, 0) is 35.4 Å². The molecular formula is C14H13BrO2. The summed E-state index contributed by atoms with van der Waals surface area (Å²) < 4.78 is 6.09. The molecule has 0 aliphatic carbocycles. The Morgan fingerprint density at radius 3 is 1.88 bits per heavy atom. The second-order valence-electron chi connectivity index (χ2n) is 3.73. The second-order valence-corrected chi connectivity index (χ2v) is 4.64. The van der Waals surface area contributed by atoms with Gasteiger partial charge in [-0.3, -0.25) is 0 Å². The zero-order chi connectivity index (χ0) is 12.3. The third kappa shape index (κ3) is 2.87. The monoisotopic (exact) mass is 292 g/mol. The van der Waals surface area contributed by atoms with Gasteiger partial charge in [0.25, 0.3) is 0 Å². The lowest BCUT2D eigenvalue weighted by atomic mass is 10.0. The lowest BCUT2D eigenvalue weighted by molar-refractivity contribution is 0.220. The summed E-state index contributed by atoms with van der Waals surface area (Å²) in [5.74, 6) is 0.789. The molecule has 1 N–H and O–H groups in total. The highest BCUT2D eigenvalue weighted by Crippen LogP contribution is 2.24. The largest absolute Gasteiger partial charge is 0.497 e. The van der Waals surface area contributed by atoms with E-state index in [4.69, 9.17) is 4.74 Å². The SMILES string of the molecule is COc1ccc([C@@H](O)c2ccc(Br)cc2)cc1. The first kappa shape index (κ1) is 12.1. The van der Waals surface area contributed by atoms with Crippen LogP contribution < -0.4 is 4.74 Å². The van der Waals surface area contributed by atoms with E-state index in [1.54, 1.807) is 7.11 Å². The summed E-state index contributed by atoms with van der Waals surface area (Å²) in [6.07, 6.45) is -0.603. The molecule has 0 bridgehead atoms. The van der Waals surface area contributed by atoms with E-state index < -0.39 is 6.10 Å². The van der Waals surface area contributed by atoms with Gasteiger partial charge in [-0.1, -0.05) is 40.2 Å². The fraction of sp³-hybridized carbons (Fsp3) is 0.143. The number of hydrogen-bond acceptors (Lipinski definition) is 2. The molecule has 2 aromatic rings. The Hall–Kier alpha value is -1.32. The topological polar surface area (TPSA) is 29.5 Å². The molecule has 0 aliphatic heterocycles. The van der Waals surface area contributed by atoms with Gasteiger partial charge in [0.2, 0.25) is 0 Å². The molecule has 17 heavy (non-hydrogen) atoms. The molecule has 0 unspecified atom stereocenters. The standard InChI is InChI=1S/C14H13BrO2/c1-17-13-8-4-11(5-9-13)14(16)10-2-6-12(15)7-3-10/h2-9,14,16H,1H3/t14-/m0/s1. The number of benzene rings is 2. The van der Waals surface area contributed by atoms with Crippen LogP contribution in [-0.2, 0) is 0 Å². The Morgan fingerprint density at radius 2 is 1.41 bits per heavy atom. The van der Waals surface area contributed by atoms with Gasteiger partial charge in [0, 0.05) is 4.47 Å². The maximum absolute atomic E-state index is 10.2. The van der Waals surface area contributed by atoms with Crippen LogP contribution in [0.15, 0.2) is 53.0 Å². The van der Waals surface area contributed by atoms with Crippen molar-refractivity contribution >= 4 is 15.9 Å². The highest BCUT2D eigenvalue weighted by molar-refractivity contribution is 9.10. The zero-order valence-electron chi connectivity index (χ0n) is 9.43. The van der Waals surface area contributed by atoms with Gasteiger partial charge in [0.1, 0.15) is 11.9 Å². The van der Waals surface area contributed by atoms with E-state index in [0.717, 1.165) is 21.3 Å². The molecule has 2 nitrogen and oxygen atoms in total. The van der Waals surface area contributed by atoms with E-state index in [1.165, 1.54) is 0 Å². The quantitative estimate of drug-likeness (QED) is 0.938. The van der Waals surface area contributed by atoms with Crippen molar-refractivity contribution in [3.8, 4) is 5.75 Å². The third-order valence-electron chi connectivity index (χ3n) is 2.62. The average Bonchev–Trinajstić information content (AvgIpc) is 2.39. The summed E-state index contributed by atoms with van der Waals surface area (Å²) in [5.41, 5.74) is 1.73. The number of halogens is 1. The van der Waals surface area contributed by atoms with Crippen molar-refractivity contribution in [1.82, 2.24) is 0 Å². The predicted octanol–water partition coefficient (Wildman–Crippen LogP) is 3.54. The van der Waals surface area contributed by atoms with E-state index in [1.807, 2.05) is 48.5 Å². The van der Waals surface area contributed by atoms with Crippen LogP contribution in [0.4, 0.5) is 0 Å². The van der Waals surface area contributed by atoms with E-state index in [2.05, 4.69) is 15.9 Å². The lowest BCUT2D eigenvalue weighted by Gasteiger charge is -2.12. The van der Waals surface area contributed by atoms with Gasteiger partial charge in [-0.15, -0.1) is 0 Å². The molecule has 1 atom stereocenters. The molecule has 3 heteroatoms. The Labute approximate surface area is 109 Å². The van der Waals surface area contributed by atoms with Crippen LogP contribution in [0.2, 0.25) is 0 Å². The summed E-state index contributed by atoms with van der Waals surface area (Å²) in [7, 11) is 1.63.